The second-order valence-corrected chi connectivity index (χ2v) is 6.41. The summed E-state index contributed by atoms with van der Waals surface area (Å²) in [6.07, 6.45) is -3.16. The van der Waals surface area contributed by atoms with Crippen LogP contribution in [0.3, 0.4) is 0 Å². The number of nitrogens with zero attached hydrogens (tertiary/aromatic N) is 7. The Bertz CT molecular complexity index is 1030. The number of hydrogen-bond acceptors (Lipinski definition) is 6. The molecule has 1 aromatic carbocycles. The van der Waals surface area contributed by atoms with E-state index in [0.29, 0.717) is 30.1 Å². The van der Waals surface area contributed by atoms with E-state index in [1.807, 2.05) is 4.90 Å². The largest absolute Gasteiger partial charge is 0.417 e. The van der Waals surface area contributed by atoms with E-state index in [2.05, 4.69) is 20.3 Å². The first kappa shape index (κ1) is 18.1. The van der Waals surface area contributed by atoms with Crippen LogP contribution in [-0.2, 0) is 13.2 Å². The Balaban J connectivity index is 1.53. The molecule has 2 aromatic heterocycles. The number of aryl methyl sites for hydroxylation is 1. The van der Waals surface area contributed by atoms with Crippen molar-refractivity contribution in [3.05, 3.63) is 41.7 Å². The molecule has 1 aliphatic heterocycles. The molecule has 0 spiro atoms. The lowest BCUT2D eigenvalue weighted by atomic mass is 10.1. The van der Waals surface area contributed by atoms with Crippen LogP contribution in [0.25, 0.3) is 11.2 Å². The average molecular weight is 391 g/mol. The van der Waals surface area contributed by atoms with E-state index in [4.69, 9.17) is 0 Å². The number of anilines is 1. The molecule has 0 radical (unpaired) electrons. The van der Waals surface area contributed by atoms with Crippen molar-refractivity contribution >= 4 is 22.9 Å². The predicted octanol–water partition coefficient (Wildman–Crippen LogP) is 1.74. The van der Waals surface area contributed by atoms with Crippen molar-refractivity contribution < 1.29 is 18.0 Å². The van der Waals surface area contributed by atoms with Gasteiger partial charge in [-0.1, -0.05) is 17.3 Å². The molecule has 4 rings (SSSR count). The number of piperazine rings is 1. The van der Waals surface area contributed by atoms with Crippen LogP contribution < -0.4 is 4.90 Å². The van der Waals surface area contributed by atoms with E-state index >= 15 is 0 Å². The molecule has 1 fully saturated rings. The summed E-state index contributed by atoms with van der Waals surface area (Å²) in [7, 11) is 1.72. The van der Waals surface area contributed by atoms with Crippen LogP contribution in [0.4, 0.5) is 19.0 Å². The van der Waals surface area contributed by atoms with Crippen LogP contribution in [0.1, 0.15) is 15.9 Å². The predicted molar refractivity (Wildman–Crippen MR) is 93.7 cm³/mol. The zero-order valence-corrected chi connectivity index (χ0v) is 14.9. The summed E-state index contributed by atoms with van der Waals surface area (Å²) in [6.45, 7) is 1.39. The summed E-state index contributed by atoms with van der Waals surface area (Å²) in [6, 6.07) is 4.85. The van der Waals surface area contributed by atoms with Gasteiger partial charge in [0.15, 0.2) is 17.0 Å². The van der Waals surface area contributed by atoms with Crippen LogP contribution in [0.5, 0.6) is 0 Å². The fraction of sp³-hybridized carbons (Fsp3) is 0.353. The molecule has 1 amide bonds. The third-order valence-electron chi connectivity index (χ3n) is 4.70. The van der Waals surface area contributed by atoms with E-state index in [1.165, 1.54) is 34.1 Å². The van der Waals surface area contributed by atoms with Gasteiger partial charge < -0.3 is 9.80 Å². The number of fused-ring (bicyclic) bond motifs is 1. The number of rotatable bonds is 2. The van der Waals surface area contributed by atoms with Gasteiger partial charge in [0, 0.05) is 33.2 Å². The minimum absolute atomic E-state index is 0.275. The van der Waals surface area contributed by atoms with Crippen LogP contribution in [0, 0.1) is 0 Å². The van der Waals surface area contributed by atoms with E-state index in [9.17, 15) is 18.0 Å². The van der Waals surface area contributed by atoms with Crippen molar-refractivity contribution in [1.82, 2.24) is 29.9 Å². The van der Waals surface area contributed by atoms with Gasteiger partial charge in [0.2, 0.25) is 0 Å². The minimum atomic E-state index is -4.58. The third-order valence-corrected chi connectivity index (χ3v) is 4.70. The number of carbonyl (C=O) groups is 1. The lowest BCUT2D eigenvalue weighted by Crippen LogP contribution is -2.49. The summed E-state index contributed by atoms with van der Waals surface area (Å²) < 4.78 is 41.1. The fourth-order valence-electron chi connectivity index (χ4n) is 3.28. The molecule has 1 aliphatic rings. The lowest BCUT2D eigenvalue weighted by Gasteiger charge is -2.35. The minimum Gasteiger partial charge on any atom is -0.351 e. The molecule has 1 saturated heterocycles. The number of amides is 1. The smallest absolute Gasteiger partial charge is 0.351 e. The van der Waals surface area contributed by atoms with Gasteiger partial charge in [0.1, 0.15) is 6.33 Å². The lowest BCUT2D eigenvalue weighted by molar-refractivity contribution is -0.138. The first-order valence-electron chi connectivity index (χ1n) is 8.57. The summed E-state index contributed by atoms with van der Waals surface area (Å²) in [4.78, 5) is 24.4. The number of hydrogen-bond donors (Lipinski definition) is 0. The Kier molecular flexibility index (Phi) is 4.36. The van der Waals surface area contributed by atoms with Gasteiger partial charge in [-0.3, -0.25) is 4.79 Å². The third kappa shape index (κ3) is 3.12. The molecule has 0 saturated carbocycles. The molecule has 0 unspecified atom stereocenters. The van der Waals surface area contributed by atoms with Gasteiger partial charge >= 0.3 is 6.18 Å². The SMILES string of the molecule is Cn1nnc2c(N3CCN(C(=O)c4ccccc4C(F)(F)F)CC3)ncnc21. The molecule has 0 bridgehead atoms. The highest BCUT2D eigenvalue weighted by molar-refractivity contribution is 5.96. The normalized spacial score (nSPS) is 15.3. The van der Waals surface area contributed by atoms with E-state index in [-0.39, 0.29) is 18.7 Å². The molecule has 28 heavy (non-hydrogen) atoms. The number of carbonyl (C=O) groups excluding carboxylic acids is 1. The Morgan fingerprint density at radius 3 is 2.50 bits per heavy atom. The van der Waals surface area contributed by atoms with Crippen LogP contribution in [0.2, 0.25) is 0 Å². The summed E-state index contributed by atoms with van der Waals surface area (Å²) in [5.41, 5.74) is -0.115. The van der Waals surface area contributed by atoms with Gasteiger partial charge in [-0.25, -0.2) is 14.6 Å². The molecule has 0 aliphatic carbocycles. The monoisotopic (exact) mass is 391 g/mol. The first-order valence-corrected chi connectivity index (χ1v) is 8.57. The molecule has 0 atom stereocenters. The maximum atomic E-state index is 13.2. The van der Waals surface area contributed by atoms with Crippen molar-refractivity contribution in [2.24, 2.45) is 7.05 Å². The van der Waals surface area contributed by atoms with Crippen molar-refractivity contribution in [3.8, 4) is 0 Å². The zero-order valence-electron chi connectivity index (χ0n) is 14.9. The van der Waals surface area contributed by atoms with Crippen molar-refractivity contribution in [3.63, 3.8) is 0 Å². The van der Waals surface area contributed by atoms with E-state index in [0.717, 1.165) is 6.07 Å². The van der Waals surface area contributed by atoms with E-state index in [1.54, 1.807) is 7.05 Å². The maximum Gasteiger partial charge on any atom is 0.417 e. The van der Waals surface area contributed by atoms with Crippen molar-refractivity contribution in [2.75, 3.05) is 31.1 Å². The number of halogens is 3. The highest BCUT2D eigenvalue weighted by Gasteiger charge is 2.36. The van der Waals surface area contributed by atoms with Gasteiger partial charge in [0.25, 0.3) is 5.91 Å². The van der Waals surface area contributed by atoms with Crippen molar-refractivity contribution in [1.29, 1.82) is 0 Å². The molecule has 8 nitrogen and oxygen atoms in total. The molecule has 3 aromatic rings. The maximum absolute atomic E-state index is 13.2. The van der Waals surface area contributed by atoms with Gasteiger partial charge in [-0.2, -0.15) is 13.2 Å². The highest BCUT2D eigenvalue weighted by Crippen LogP contribution is 2.32. The van der Waals surface area contributed by atoms with Gasteiger partial charge in [-0.05, 0) is 12.1 Å². The van der Waals surface area contributed by atoms with Gasteiger partial charge in [-0.15, -0.1) is 5.10 Å². The summed E-state index contributed by atoms with van der Waals surface area (Å²) in [5, 5.41) is 8.01. The highest BCUT2D eigenvalue weighted by atomic mass is 19.4. The number of benzene rings is 1. The average Bonchev–Trinajstić information content (AvgIpc) is 3.08. The van der Waals surface area contributed by atoms with Crippen LogP contribution >= 0.6 is 0 Å². The quantitative estimate of drug-likeness (QED) is 0.662. The van der Waals surface area contributed by atoms with Crippen molar-refractivity contribution in [2.45, 2.75) is 6.18 Å². The summed E-state index contributed by atoms with van der Waals surface area (Å²) in [5.74, 6) is -0.0270. The molecule has 3 heterocycles. The van der Waals surface area contributed by atoms with Crippen LogP contribution in [-0.4, -0.2) is 61.9 Å². The molecular formula is C17H16F3N7O. The molecule has 146 valence electrons. The Labute approximate surface area is 157 Å². The second-order valence-electron chi connectivity index (χ2n) is 6.41. The first-order chi connectivity index (χ1) is 13.4. The second kappa shape index (κ2) is 6.73. The van der Waals surface area contributed by atoms with Crippen LogP contribution in [0.15, 0.2) is 30.6 Å². The number of aromatic nitrogens is 5. The Hall–Kier alpha value is -3.24. The number of alkyl halides is 3. The Morgan fingerprint density at radius 2 is 1.79 bits per heavy atom. The fourth-order valence-corrected chi connectivity index (χ4v) is 3.28. The topological polar surface area (TPSA) is 80.0 Å². The van der Waals surface area contributed by atoms with E-state index < -0.39 is 17.6 Å². The Morgan fingerprint density at radius 1 is 1.07 bits per heavy atom. The molecule has 0 N–H and O–H groups in total. The zero-order chi connectivity index (χ0) is 19.9. The molecular weight excluding hydrogens is 375 g/mol. The standard InChI is InChI=1S/C17H16F3N7O/c1-25-14-13(23-24-25)15(22-10-21-14)26-6-8-27(9-7-26)16(28)11-4-2-3-5-12(11)17(18,19)20/h2-5,10H,6-9H2,1H3. The van der Waals surface area contributed by atoms with Gasteiger partial charge in [0.05, 0.1) is 11.1 Å². The molecule has 11 heteroatoms. The summed E-state index contributed by atoms with van der Waals surface area (Å²) >= 11 is 0.